The van der Waals surface area contributed by atoms with Gasteiger partial charge in [-0.1, -0.05) is 17.7 Å². The van der Waals surface area contributed by atoms with Gasteiger partial charge in [0.15, 0.2) is 11.5 Å². The molecule has 0 fully saturated rings. The van der Waals surface area contributed by atoms with Crippen LogP contribution in [0.25, 0.3) is 10.9 Å². The van der Waals surface area contributed by atoms with Gasteiger partial charge in [-0.05, 0) is 29.8 Å². The molecular formula is C18H15ClN4O3. The summed E-state index contributed by atoms with van der Waals surface area (Å²) in [4.78, 5) is 20.2. The van der Waals surface area contributed by atoms with Crippen molar-refractivity contribution >= 4 is 34.1 Å². The van der Waals surface area contributed by atoms with Crippen LogP contribution in [0.3, 0.4) is 0 Å². The number of anilines is 1. The SMILES string of the molecule is NC(=O)Cc1nc(Cc2ccc3c(c2)OCO3)c2c(N)c(Cl)ccc2n1. The number of carbonyl (C=O) groups is 1. The lowest BCUT2D eigenvalue weighted by Gasteiger charge is -2.12. The predicted octanol–water partition coefficient (Wildman–Crippen LogP) is 2.21. The number of benzene rings is 2. The second-order valence-corrected chi connectivity index (χ2v) is 6.36. The van der Waals surface area contributed by atoms with E-state index in [4.69, 9.17) is 32.5 Å². The van der Waals surface area contributed by atoms with Crippen molar-refractivity contribution in [1.29, 1.82) is 0 Å². The van der Waals surface area contributed by atoms with Crippen LogP contribution in [0, 0.1) is 0 Å². The van der Waals surface area contributed by atoms with Crippen LogP contribution < -0.4 is 20.9 Å². The number of nitrogens with zero attached hydrogens (tertiary/aromatic N) is 2. The van der Waals surface area contributed by atoms with Crippen LogP contribution in [0.2, 0.25) is 5.02 Å². The van der Waals surface area contributed by atoms with Gasteiger partial charge in [0.2, 0.25) is 12.7 Å². The summed E-state index contributed by atoms with van der Waals surface area (Å²) in [6.45, 7) is 0.209. The molecule has 2 aromatic carbocycles. The zero-order valence-electron chi connectivity index (χ0n) is 13.7. The molecule has 0 saturated carbocycles. The van der Waals surface area contributed by atoms with Crippen molar-refractivity contribution in [2.75, 3.05) is 12.5 Å². The summed E-state index contributed by atoms with van der Waals surface area (Å²) in [6, 6.07) is 9.09. The second-order valence-electron chi connectivity index (χ2n) is 5.95. The average Bonchev–Trinajstić information content (AvgIpc) is 3.05. The molecule has 0 spiro atoms. The fourth-order valence-electron chi connectivity index (χ4n) is 2.96. The number of hydrogen-bond donors (Lipinski definition) is 2. The molecule has 3 aromatic rings. The Hall–Kier alpha value is -3.06. The van der Waals surface area contributed by atoms with E-state index in [1.807, 2.05) is 18.2 Å². The van der Waals surface area contributed by atoms with Crippen molar-refractivity contribution < 1.29 is 14.3 Å². The van der Waals surface area contributed by atoms with Crippen LogP contribution in [0.5, 0.6) is 11.5 Å². The van der Waals surface area contributed by atoms with E-state index in [0.29, 0.717) is 51.1 Å². The number of ether oxygens (including phenoxy) is 2. The minimum Gasteiger partial charge on any atom is -0.454 e. The molecule has 0 aliphatic carbocycles. The van der Waals surface area contributed by atoms with Crippen molar-refractivity contribution in [3.63, 3.8) is 0 Å². The van der Waals surface area contributed by atoms with Gasteiger partial charge in [0.25, 0.3) is 0 Å². The molecule has 1 aromatic heterocycles. The number of aromatic nitrogens is 2. The lowest BCUT2D eigenvalue weighted by Crippen LogP contribution is -2.16. The van der Waals surface area contributed by atoms with Crippen LogP contribution in [-0.2, 0) is 17.6 Å². The maximum Gasteiger partial charge on any atom is 0.231 e. The highest BCUT2D eigenvalue weighted by Gasteiger charge is 2.17. The second kappa shape index (κ2) is 6.34. The molecular weight excluding hydrogens is 356 g/mol. The molecule has 1 aliphatic rings. The summed E-state index contributed by atoms with van der Waals surface area (Å²) in [5.41, 5.74) is 14.1. The van der Waals surface area contributed by atoms with Crippen molar-refractivity contribution in [2.45, 2.75) is 12.8 Å². The zero-order valence-corrected chi connectivity index (χ0v) is 14.4. The number of carbonyl (C=O) groups excluding carboxylic acids is 1. The van der Waals surface area contributed by atoms with Gasteiger partial charge >= 0.3 is 0 Å². The van der Waals surface area contributed by atoms with Gasteiger partial charge in [0, 0.05) is 11.8 Å². The first-order valence-corrected chi connectivity index (χ1v) is 8.29. The normalized spacial score (nSPS) is 12.5. The number of nitrogen functional groups attached to an aromatic ring is 1. The van der Waals surface area contributed by atoms with Gasteiger partial charge in [-0.2, -0.15) is 0 Å². The van der Waals surface area contributed by atoms with E-state index in [-0.39, 0.29) is 13.2 Å². The highest BCUT2D eigenvalue weighted by molar-refractivity contribution is 6.34. The molecule has 1 amide bonds. The Morgan fingerprint density at radius 1 is 1.15 bits per heavy atom. The van der Waals surface area contributed by atoms with Gasteiger partial charge in [0.1, 0.15) is 5.82 Å². The standard InChI is InChI=1S/C18H15ClN4O3/c19-10-2-3-11-17(18(10)21)12(23-16(22-11)7-15(20)24)5-9-1-4-13-14(6-9)26-8-25-13/h1-4,6H,5,7-8,21H2,(H2,20,24). The summed E-state index contributed by atoms with van der Waals surface area (Å²) in [7, 11) is 0. The van der Waals surface area contributed by atoms with E-state index < -0.39 is 5.91 Å². The van der Waals surface area contributed by atoms with Crippen molar-refractivity contribution in [3.8, 4) is 11.5 Å². The van der Waals surface area contributed by atoms with E-state index in [0.717, 1.165) is 5.56 Å². The molecule has 2 heterocycles. The number of halogens is 1. The van der Waals surface area contributed by atoms with Gasteiger partial charge in [-0.15, -0.1) is 0 Å². The molecule has 7 nitrogen and oxygen atoms in total. The van der Waals surface area contributed by atoms with Crippen molar-refractivity contribution in [1.82, 2.24) is 9.97 Å². The molecule has 0 saturated heterocycles. The van der Waals surface area contributed by atoms with Crippen LogP contribution in [-0.4, -0.2) is 22.7 Å². The molecule has 132 valence electrons. The fraction of sp³-hybridized carbons (Fsp3) is 0.167. The van der Waals surface area contributed by atoms with Crippen LogP contribution in [0.1, 0.15) is 17.1 Å². The quantitative estimate of drug-likeness (QED) is 0.681. The van der Waals surface area contributed by atoms with E-state index in [1.54, 1.807) is 12.1 Å². The first-order chi connectivity index (χ1) is 12.5. The third-order valence-corrected chi connectivity index (χ3v) is 4.44. The number of primary amides is 1. The summed E-state index contributed by atoms with van der Waals surface area (Å²) >= 11 is 6.17. The molecule has 0 radical (unpaired) electrons. The Morgan fingerprint density at radius 3 is 2.77 bits per heavy atom. The number of nitrogens with two attached hydrogens (primary N) is 2. The summed E-state index contributed by atoms with van der Waals surface area (Å²) in [6.07, 6.45) is 0.415. The highest BCUT2D eigenvalue weighted by atomic mass is 35.5. The Bertz CT molecular complexity index is 1040. The third kappa shape index (κ3) is 2.97. The Kier molecular flexibility index (Phi) is 4.00. The lowest BCUT2D eigenvalue weighted by atomic mass is 10.0. The van der Waals surface area contributed by atoms with Crippen molar-refractivity contribution in [2.24, 2.45) is 5.73 Å². The minimum absolute atomic E-state index is 0.0490. The van der Waals surface area contributed by atoms with Crippen molar-refractivity contribution in [3.05, 3.63) is 52.4 Å². The molecule has 26 heavy (non-hydrogen) atoms. The fourth-order valence-corrected chi connectivity index (χ4v) is 3.12. The van der Waals surface area contributed by atoms with E-state index >= 15 is 0 Å². The minimum atomic E-state index is -0.500. The van der Waals surface area contributed by atoms with E-state index in [9.17, 15) is 4.79 Å². The monoisotopic (exact) mass is 370 g/mol. The largest absolute Gasteiger partial charge is 0.454 e. The topological polar surface area (TPSA) is 113 Å². The first kappa shape index (κ1) is 16.4. The smallest absolute Gasteiger partial charge is 0.231 e. The molecule has 8 heteroatoms. The average molecular weight is 371 g/mol. The predicted molar refractivity (Wildman–Crippen MR) is 97.2 cm³/mol. The molecule has 0 atom stereocenters. The number of rotatable bonds is 4. The lowest BCUT2D eigenvalue weighted by molar-refractivity contribution is -0.117. The number of fused-ring (bicyclic) bond motifs is 2. The molecule has 1 aliphatic heterocycles. The first-order valence-electron chi connectivity index (χ1n) is 7.91. The number of amides is 1. The van der Waals surface area contributed by atoms with Crippen LogP contribution >= 0.6 is 11.6 Å². The van der Waals surface area contributed by atoms with Crippen LogP contribution in [0.4, 0.5) is 5.69 Å². The van der Waals surface area contributed by atoms with Crippen LogP contribution in [0.15, 0.2) is 30.3 Å². The Labute approximate surface area is 153 Å². The molecule has 4 N–H and O–H groups in total. The third-order valence-electron chi connectivity index (χ3n) is 4.11. The van der Waals surface area contributed by atoms with Gasteiger partial charge in [-0.3, -0.25) is 4.79 Å². The Balaban J connectivity index is 1.83. The maximum absolute atomic E-state index is 11.3. The number of hydrogen-bond acceptors (Lipinski definition) is 6. The van der Waals surface area contributed by atoms with E-state index in [2.05, 4.69) is 9.97 Å². The molecule has 4 rings (SSSR count). The Morgan fingerprint density at radius 2 is 1.96 bits per heavy atom. The zero-order chi connectivity index (χ0) is 18.3. The highest BCUT2D eigenvalue weighted by Crippen LogP contribution is 2.35. The summed E-state index contributed by atoms with van der Waals surface area (Å²) in [5, 5.41) is 1.10. The molecule has 0 unspecified atom stereocenters. The summed E-state index contributed by atoms with van der Waals surface area (Å²) < 4.78 is 10.8. The van der Waals surface area contributed by atoms with E-state index in [1.165, 1.54) is 0 Å². The van der Waals surface area contributed by atoms with Gasteiger partial charge in [0.05, 0.1) is 28.3 Å². The van der Waals surface area contributed by atoms with Gasteiger partial charge < -0.3 is 20.9 Å². The summed E-state index contributed by atoms with van der Waals surface area (Å²) in [5.74, 6) is 1.24. The van der Waals surface area contributed by atoms with Gasteiger partial charge in [-0.25, -0.2) is 9.97 Å². The molecule has 0 bridgehead atoms. The maximum atomic E-state index is 11.3.